The first-order valence-corrected chi connectivity index (χ1v) is 6.04. The summed E-state index contributed by atoms with van der Waals surface area (Å²) in [4.78, 5) is 12.1. The second-order valence-electron chi connectivity index (χ2n) is 4.33. The van der Waals surface area contributed by atoms with Gasteiger partial charge < -0.3 is 5.73 Å². The van der Waals surface area contributed by atoms with Crippen LogP contribution in [0.5, 0.6) is 0 Å². The van der Waals surface area contributed by atoms with Gasteiger partial charge in [0.25, 0.3) is 0 Å². The SMILES string of the molecule is CC(C)(CSc1cc(F)ccc1N)C(=O)NN. The number of thioether (sulfide) groups is 1. The average Bonchev–Trinajstić information content (AvgIpc) is 2.29. The molecular formula is C11H16FN3OS. The highest BCUT2D eigenvalue weighted by Gasteiger charge is 2.27. The second-order valence-corrected chi connectivity index (χ2v) is 5.35. The van der Waals surface area contributed by atoms with Crippen molar-refractivity contribution in [3.05, 3.63) is 24.0 Å². The van der Waals surface area contributed by atoms with Gasteiger partial charge in [-0.05, 0) is 18.2 Å². The van der Waals surface area contributed by atoms with Crippen LogP contribution in [0.1, 0.15) is 13.8 Å². The Bertz CT molecular complexity index is 423. The first-order valence-electron chi connectivity index (χ1n) is 5.05. The molecule has 5 N–H and O–H groups in total. The summed E-state index contributed by atoms with van der Waals surface area (Å²) in [6.07, 6.45) is 0. The van der Waals surface area contributed by atoms with Crippen LogP contribution in [-0.2, 0) is 4.79 Å². The summed E-state index contributed by atoms with van der Waals surface area (Å²) in [5, 5.41) is 0. The van der Waals surface area contributed by atoms with Gasteiger partial charge in [0.2, 0.25) is 5.91 Å². The molecule has 0 heterocycles. The summed E-state index contributed by atoms with van der Waals surface area (Å²) < 4.78 is 13.0. The van der Waals surface area contributed by atoms with Gasteiger partial charge in [0.1, 0.15) is 5.82 Å². The number of hydrogen-bond donors (Lipinski definition) is 3. The van der Waals surface area contributed by atoms with Crippen LogP contribution >= 0.6 is 11.8 Å². The van der Waals surface area contributed by atoms with Gasteiger partial charge in [-0.15, -0.1) is 11.8 Å². The fourth-order valence-corrected chi connectivity index (χ4v) is 2.23. The second kappa shape index (κ2) is 5.37. The van der Waals surface area contributed by atoms with Crippen LogP contribution < -0.4 is 17.0 Å². The lowest BCUT2D eigenvalue weighted by molar-refractivity contribution is -0.128. The van der Waals surface area contributed by atoms with Crippen molar-refractivity contribution < 1.29 is 9.18 Å². The Labute approximate surface area is 104 Å². The summed E-state index contributed by atoms with van der Waals surface area (Å²) >= 11 is 1.33. The monoisotopic (exact) mass is 257 g/mol. The normalized spacial score (nSPS) is 11.3. The van der Waals surface area contributed by atoms with Crippen molar-refractivity contribution in [1.82, 2.24) is 5.43 Å². The molecule has 0 atom stereocenters. The third-order valence-electron chi connectivity index (χ3n) is 2.31. The van der Waals surface area contributed by atoms with Crippen molar-refractivity contribution in [2.24, 2.45) is 11.3 Å². The zero-order valence-electron chi connectivity index (χ0n) is 9.79. The molecule has 1 rings (SSSR count). The molecule has 0 radical (unpaired) electrons. The number of nitrogens with two attached hydrogens (primary N) is 2. The highest BCUT2D eigenvalue weighted by molar-refractivity contribution is 7.99. The number of carbonyl (C=O) groups excluding carboxylic acids is 1. The first-order chi connectivity index (χ1) is 7.86. The maximum atomic E-state index is 13.0. The Hall–Kier alpha value is -1.27. The molecule has 0 saturated heterocycles. The first kappa shape index (κ1) is 13.8. The minimum atomic E-state index is -0.641. The number of nitrogen functional groups attached to an aromatic ring is 1. The van der Waals surface area contributed by atoms with E-state index in [-0.39, 0.29) is 11.7 Å². The lowest BCUT2D eigenvalue weighted by atomic mass is 9.96. The third kappa shape index (κ3) is 3.61. The molecule has 0 saturated carbocycles. The highest BCUT2D eigenvalue weighted by Crippen LogP contribution is 2.31. The van der Waals surface area contributed by atoms with Crippen LogP contribution in [0, 0.1) is 11.2 Å². The molecule has 94 valence electrons. The van der Waals surface area contributed by atoms with Crippen molar-refractivity contribution >= 4 is 23.4 Å². The molecule has 0 aromatic heterocycles. The van der Waals surface area contributed by atoms with E-state index in [4.69, 9.17) is 11.6 Å². The van der Waals surface area contributed by atoms with E-state index in [1.165, 1.54) is 30.0 Å². The molecule has 1 aromatic rings. The van der Waals surface area contributed by atoms with Crippen molar-refractivity contribution in [3.63, 3.8) is 0 Å². The quantitative estimate of drug-likeness (QED) is 0.251. The molecule has 1 amide bonds. The average molecular weight is 257 g/mol. The molecule has 0 spiro atoms. The van der Waals surface area contributed by atoms with Gasteiger partial charge in [0, 0.05) is 16.3 Å². The number of halogens is 1. The summed E-state index contributed by atoms with van der Waals surface area (Å²) in [6, 6.07) is 4.17. The lowest BCUT2D eigenvalue weighted by Crippen LogP contribution is -2.42. The number of hydrogen-bond acceptors (Lipinski definition) is 4. The van der Waals surface area contributed by atoms with Gasteiger partial charge >= 0.3 is 0 Å². The summed E-state index contributed by atoms with van der Waals surface area (Å²) in [5.41, 5.74) is 7.68. The van der Waals surface area contributed by atoms with Crippen LogP contribution in [0.15, 0.2) is 23.1 Å². The number of carbonyl (C=O) groups is 1. The summed E-state index contributed by atoms with van der Waals surface area (Å²) in [5.74, 6) is 4.94. The highest BCUT2D eigenvalue weighted by atomic mass is 32.2. The molecule has 0 fully saturated rings. The van der Waals surface area contributed by atoms with Crippen LogP contribution in [0.4, 0.5) is 10.1 Å². The molecule has 0 aliphatic carbocycles. The fourth-order valence-electron chi connectivity index (χ4n) is 1.15. The van der Waals surface area contributed by atoms with Gasteiger partial charge in [-0.3, -0.25) is 10.2 Å². The van der Waals surface area contributed by atoms with Gasteiger partial charge in [-0.2, -0.15) is 0 Å². The Morgan fingerprint density at radius 2 is 2.18 bits per heavy atom. The largest absolute Gasteiger partial charge is 0.398 e. The number of benzene rings is 1. The van der Waals surface area contributed by atoms with E-state index >= 15 is 0 Å². The topological polar surface area (TPSA) is 81.1 Å². The number of rotatable bonds is 4. The van der Waals surface area contributed by atoms with Crippen LogP contribution in [-0.4, -0.2) is 11.7 Å². The van der Waals surface area contributed by atoms with Crippen molar-refractivity contribution in [3.8, 4) is 0 Å². The maximum absolute atomic E-state index is 13.0. The number of amides is 1. The Morgan fingerprint density at radius 1 is 1.53 bits per heavy atom. The van der Waals surface area contributed by atoms with Crippen molar-refractivity contribution in [2.75, 3.05) is 11.5 Å². The van der Waals surface area contributed by atoms with Gasteiger partial charge in [0.15, 0.2) is 0 Å². The van der Waals surface area contributed by atoms with Crippen LogP contribution in [0.25, 0.3) is 0 Å². The minimum Gasteiger partial charge on any atom is -0.398 e. The van der Waals surface area contributed by atoms with Crippen LogP contribution in [0.3, 0.4) is 0 Å². The molecule has 6 heteroatoms. The van der Waals surface area contributed by atoms with Crippen molar-refractivity contribution in [2.45, 2.75) is 18.7 Å². The number of hydrazine groups is 1. The number of nitrogens with one attached hydrogen (secondary N) is 1. The molecule has 0 aliphatic heterocycles. The fraction of sp³-hybridized carbons (Fsp3) is 0.364. The Balaban J connectivity index is 2.73. The standard InChI is InChI=1S/C11H16FN3OS/c1-11(2,10(16)15-14)6-17-9-5-7(12)3-4-8(9)13/h3-5H,6,13-14H2,1-2H3,(H,15,16). The Morgan fingerprint density at radius 3 is 2.76 bits per heavy atom. The molecular weight excluding hydrogens is 241 g/mol. The molecule has 17 heavy (non-hydrogen) atoms. The van der Waals surface area contributed by atoms with E-state index in [1.54, 1.807) is 13.8 Å². The van der Waals surface area contributed by atoms with Crippen LogP contribution in [0.2, 0.25) is 0 Å². The summed E-state index contributed by atoms with van der Waals surface area (Å²) in [7, 11) is 0. The zero-order valence-corrected chi connectivity index (χ0v) is 10.6. The van der Waals surface area contributed by atoms with E-state index in [9.17, 15) is 9.18 Å². The predicted molar refractivity (Wildman–Crippen MR) is 67.6 cm³/mol. The van der Waals surface area contributed by atoms with E-state index in [0.29, 0.717) is 16.3 Å². The van der Waals surface area contributed by atoms with E-state index < -0.39 is 5.41 Å². The minimum absolute atomic E-state index is 0.264. The smallest absolute Gasteiger partial charge is 0.240 e. The van der Waals surface area contributed by atoms with Crippen molar-refractivity contribution in [1.29, 1.82) is 0 Å². The zero-order chi connectivity index (χ0) is 13.1. The lowest BCUT2D eigenvalue weighted by Gasteiger charge is -2.21. The summed E-state index contributed by atoms with van der Waals surface area (Å²) in [6.45, 7) is 3.52. The molecule has 4 nitrogen and oxygen atoms in total. The van der Waals surface area contributed by atoms with Gasteiger partial charge in [-0.25, -0.2) is 10.2 Å². The molecule has 1 aromatic carbocycles. The van der Waals surface area contributed by atoms with Gasteiger partial charge in [-0.1, -0.05) is 13.8 Å². The number of anilines is 1. The van der Waals surface area contributed by atoms with E-state index in [0.717, 1.165) is 0 Å². The van der Waals surface area contributed by atoms with E-state index in [2.05, 4.69) is 5.43 Å². The maximum Gasteiger partial charge on any atom is 0.240 e. The van der Waals surface area contributed by atoms with E-state index in [1.807, 2.05) is 0 Å². The molecule has 0 bridgehead atoms. The van der Waals surface area contributed by atoms with Gasteiger partial charge in [0.05, 0.1) is 5.41 Å². The molecule has 0 unspecified atom stereocenters. The third-order valence-corrected chi connectivity index (χ3v) is 3.84. The Kier molecular flexibility index (Phi) is 4.36. The predicted octanol–water partition coefficient (Wildman–Crippen LogP) is 1.52. The molecule has 0 aliphatic rings.